The molecule has 1 fully saturated rings. The molecule has 6 heteroatoms. The molecule has 0 aromatic heterocycles. The Morgan fingerprint density at radius 2 is 2.17 bits per heavy atom. The molecule has 0 radical (unpaired) electrons. The molecule has 2 atom stereocenters. The number of amides is 1. The van der Waals surface area contributed by atoms with Crippen molar-refractivity contribution >= 4 is 11.8 Å². The molecule has 0 aliphatic heterocycles. The van der Waals surface area contributed by atoms with Gasteiger partial charge in [0.05, 0.1) is 5.69 Å². The molecule has 1 aromatic carbocycles. The predicted octanol–water partition coefficient (Wildman–Crippen LogP) is 2.39. The maximum absolute atomic E-state index is 13.3. The number of ether oxygens (including phenoxy) is 1. The number of carbonyl (C=O) groups excluding carboxylic acids is 1. The van der Waals surface area contributed by atoms with E-state index in [2.05, 4.69) is 5.32 Å². The summed E-state index contributed by atoms with van der Waals surface area (Å²) in [5.41, 5.74) is 5.57. The number of rotatable bonds is 2. The van der Waals surface area contributed by atoms with Crippen LogP contribution in [-0.4, -0.2) is 18.2 Å². The van der Waals surface area contributed by atoms with E-state index in [1.54, 1.807) is 0 Å². The standard InChI is InChI=1S/C12H14F2N2O2/c13-7-1-4-11(10(14)5-7)16-12(17)18-9-3-2-8(15)6-9/h1,4-5,8-9H,2-3,6,15H2,(H,16,17). The summed E-state index contributed by atoms with van der Waals surface area (Å²) < 4.78 is 31.0. The van der Waals surface area contributed by atoms with Crippen LogP contribution >= 0.6 is 0 Å². The maximum Gasteiger partial charge on any atom is 0.411 e. The number of halogens is 2. The van der Waals surface area contributed by atoms with Gasteiger partial charge in [-0.25, -0.2) is 13.6 Å². The number of nitrogens with two attached hydrogens (primary N) is 1. The van der Waals surface area contributed by atoms with Crippen LogP contribution in [0, 0.1) is 11.6 Å². The zero-order valence-electron chi connectivity index (χ0n) is 9.66. The fourth-order valence-electron chi connectivity index (χ4n) is 1.96. The molecule has 18 heavy (non-hydrogen) atoms. The van der Waals surface area contributed by atoms with Gasteiger partial charge in [-0.1, -0.05) is 0 Å². The topological polar surface area (TPSA) is 64.3 Å². The first-order valence-corrected chi connectivity index (χ1v) is 5.73. The van der Waals surface area contributed by atoms with Crippen LogP contribution in [0.4, 0.5) is 19.3 Å². The summed E-state index contributed by atoms with van der Waals surface area (Å²) >= 11 is 0. The largest absolute Gasteiger partial charge is 0.446 e. The number of anilines is 1. The predicted molar refractivity (Wildman–Crippen MR) is 62.1 cm³/mol. The summed E-state index contributed by atoms with van der Waals surface area (Å²) in [6.07, 6.45) is 1.14. The van der Waals surface area contributed by atoms with E-state index < -0.39 is 17.7 Å². The molecule has 3 N–H and O–H groups in total. The van der Waals surface area contributed by atoms with Gasteiger partial charge < -0.3 is 10.5 Å². The summed E-state index contributed by atoms with van der Waals surface area (Å²) in [7, 11) is 0. The van der Waals surface area contributed by atoms with Gasteiger partial charge in [0.15, 0.2) is 0 Å². The van der Waals surface area contributed by atoms with Crippen LogP contribution in [0.3, 0.4) is 0 Å². The smallest absolute Gasteiger partial charge is 0.411 e. The van der Waals surface area contributed by atoms with E-state index in [0.717, 1.165) is 18.6 Å². The van der Waals surface area contributed by atoms with Crippen LogP contribution < -0.4 is 11.1 Å². The van der Waals surface area contributed by atoms with Crippen molar-refractivity contribution in [2.24, 2.45) is 5.73 Å². The van der Waals surface area contributed by atoms with Crippen molar-refractivity contribution < 1.29 is 18.3 Å². The second-order valence-electron chi connectivity index (χ2n) is 4.35. The third kappa shape index (κ3) is 3.16. The fourth-order valence-corrected chi connectivity index (χ4v) is 1.96. The second-order valence-corrected chi connectivity index (χ2v) is 4.35. The highest BCUT2D eigenvalue weighted by Gasteiger charge is 2.25. The number of carbonyl (C=O) groups is 1. The van der Waals surface area contributed by atoms with E-state index in [4.69, 9.17) is 10.5 Å². The van der Waals surface area contributed by atoms with Crippen molar-refractivity contribution in [2.45, 2.75) is 31.4 Å². The molecule has 1 saturated carbocycles. The molecule has 1 aromatic rings. The molecular weight excluding hydrogens is 242 g/mol. The zero-order chi connectivity index (χ0) is 13.1. The van der Waals surface area contributed by atoms with Crippen LogP contribution in [0.2, 0.25) is 0 Å². The highest BCUT2D eigenvalue weighted by molar-refractivity contribution is 5.84. The molecule has 0 bridgehead atoms. The minimum atomic E-state index is -0.838. The van der Waals surface area contributed by atoms with Gasteiger partial charge in [0.1, 0.15) is 17.7 Å². The normalized spacial score (nSPS) is 22.8. The SMILES string of the molecule is NC1CCC(OC(=O)Nc2ccc(F)cc2F)C1. The first-order chi connectivity index (χ1) is 8.54. The Labute approximate surface area is 103 Å². The van der Waals surface area contributed by atoms with E-state index in [-0.39, 0.29) is 17.8 Å². The number of hydrogen-bond donors (Lipinski definition) is 2. The Kier molecular flexibility index (Phi) is 3.76. The monoisotopic (exact) mass is 256 g/mol. The molecule has 4 nitrogen and oxygen atoms in total. The summed E-state index contributed by atoms with van der Waals surface area (Å²) in [6.45, 7) is 0. The molecule has 0 heterocycles. The van der Waals surface area contributed by atoms with E-state index in [1.807, 2.05) is 0 Å². The number of nitrogens with one attached hydrogen (secondary N) is 1. The Morgan fingerprint density at radius 3 is 2.78 bits per heavy atom. The Hall–Kier alpha value is -1.69. The van der Waals surface area contributed by atoms with Crippen molar-refractivity contribution in [2.75, 3.05) is 5.32 Å². The summed E-state index contributed by atoms with van der Waals surface area (Å²) in [5, 5.41) is 2.24. The van der Waals surface area contributed by atoms with Gasteiger partial charge in [-0.2, -0.15) is 0 Å². The van der Waals surface area contributed by atoms with Crippen LogP contribution in [0.15, 0.2) is 18.2 Å². The fraction of sp³-hybridized carbons (Fsp3) is 0.417. The lowest BCUT2D eigenvalue weighted by atomic mass is 10.3. The lowest BCUT2D eigenvalue weighted by molar-refractivity contribution is 0.113. The quantitative estimate of drug-likeness (QED) is 0.854. The van der Waals surface area contributed by atoms with Crippen LogP contribution in [0.25, 0.3) is 0 Å². The van der Waals surface area contributed by atoms with Crippen LogP contribution in [0.1, 0.15) is 19.3 Å². The lowest BCUT2D eigenvalue weighted by Gasteiger charge is -2.12. The van der Waals surface area contributed by atoms with E-state index in [1.165, 1.54) is 0 Å². The zero-order valence-corrected chi connectivity index (χ0v) is 9.66. The number of benzene rings is 1. The van der Waals surface area contributed by atoms with Gasteiger partial charge in [0, 0.05) is 12.1 Å². The Bertz CT molecular complexity index is 454. The molecule has 98 valence electrons. The number of hydrogen-bond acceptors (Lipinski definition) is 3. The van der Waals surface area contributed by atoms with E-state index in [0.29, 0.717) is 18.9 Å². The summed E-state index contributed by atoms with van der Waals surface area (Å²) in [6, 6.07) is 2.95. The highest BCUT2D eigenvalue weighted by atomic mass is 19.1. The molecule has 1 aliphatic carbocycles. The first kappa shape index (κ1) is 12.8. The molecule has 0 spiro atoms. The second kappa shape index (κ2) is 5.30. The first-order valence-electron chi connectivity index (χ1n) is 5.73. The summed E-state index contributed by atoms with van der Waals surface area (Å²) in [4.78, 5) is 11.5. The Morgan fingerprint density at radius 1 is 1.39 bits per heavy atom. The van der Waals surface area contributed by atoms with Crippen molar-refractivity contribution in [3.05, 3.63) is 29.8 Å². The van der Waals surface area contributed by atoms with E-state index in [9.17, 15) is 13.6 Å². The Balaban J connectivity index is 1.91. The highest BCUT2D eigenvalue weighted by Crippen LogP contribution is 2.21. The van der Waals surface area contributed by atoms with Gasteiger partial charge in [-0.3, -0.25) is 5.32 Å². The van der Waals surface area contributed by atoms with Crippen LogP contribution in [-0.2, 0) is 4.74 Å². The molecule has 0 saturated heterocycles. The van der Waals surface area contributed by atoms with Gasteiger partial charge in [-0.05, 0) is 31.4 Å². The minimum Gasteiger partial charge on any atom is -0.446 e. The third-order valence-corrected chi connectivity index (χ3v) is 2.87. The third-order valence-electron chi connectivity index (χ3n) is 2.87. The van der Waals surface area contributed by atoms with Crippen molar-refractivity contribution in [3.63, 3.8) is 0 Å². The van der Waals surface area contributed by atoms with Crippen molar-refractivity contribution in [1.82, 2.24) is 0 Å². The van der Waals surface area contributed by atoms with Gasteiger partial charge in [0.2, 0.25) is 0 Å². The molecule has 2 rings (SSSR count). The van der Waals surface area contributed by atoms with Gasteiger partial charge in [-0.15, -0.1) is 0 Å². The lowest BCUT2D eigenvalue weighted by Crippen LogP contribution is -2.23. The summed E-state index contributed by atoms with van der Waals surface area (Å²) in [5.74, 6) is -1.54. The van der Waals surface area contributed by atoms with Crippen molar-refractivity contribution in [3.8, 4) is 0 Å². The average Bonchev–Trinajstić information content (AvgIpc) is 2.68. The molecular formula is C12H14F2N2O2. The average molecular weight is 256 g/mol. The van der Waals surface area contributed by atoms with Crippen molar-refractivity contribution in [1.29, 1.82) is 0 Å². The molecule has 2 unspecified atom stereocenters. The molecule has 1 amide bonds. The van der Waals surface area contributed by atoms with E-state index >= 15 is 0 Å². The minimum absolute atomic E-state index is 0.0466. The maximum atomic E-state index is 13.3. The molecule has 1 aliphatic rings. The van der Waals surface area contributed by atoms with Gasteiger partial charge >= 0.3 is 6.09 Å². The van der Waals surface area contributed by atoms with Gasteiger partial charge in [0.25, 0.3) is 0 Å². The van der Waals surface area contributed by atoms with Crippen LogP contribution in [0.5, 0.6) is 0 Å².